The summed E-state index contributed by atoms with van der Waals surface area (Å²) >= 11 is 0. The molecule has 1 fully saturated rings. The van der Waals surface area contributed by atoms with Crippen LogP contribution in [0.1, 0.15) is 27.1 Å². The Morgan fingerprint density at radius 2 is 2.11 bits per heavy atom. The number of carbonyl (C=O) groups excluding carboxylic acids is 2. The van der Waals surface area contributed by atoms with Gasteiger partial charge in [0.1, 0.15) is 5.75 Å². The predicted octanol–water partition coefficient (Wildman–Crippen LogP) is 0.901. The Morgan fingerprint density at radius 3 is 2.79 bits per heavy atom. The molecule has 1 aromatic carbocycles. The van der Waals surface area contributed by atoms with Gasteiger partial charge >= 0.3 is 0 Å². The molecule has 19 heavy (non-hydrogen) atoms. The number of carbonyl (C=O) groups is 2. The van der Waals surface area contributed by atoms with E-state index in [2.05, 4.69) is 5.32 Å². The van der Waals surface area contributed by atoms with E-state index < -0.39 is 0 Å². The highest BCUT2D eigenvalue weighted by Crippen LogP contribution is 2.27. The number of benzene rings is 1. The quantitative estimate of drug-likeness (QED) is 0.820. The number of methoxy groups -OCH3 is 1. The predicted molar refractivity (Wildman–Crippen MR) is 69.3 cm³/mol. The summed E-state index contributed by atoms with van der Waals surface area (Å²) in [6, 6.07) is 5.02. The number of imide groups is 1. The molecule has 0 bridgehead atoms. The van der Waals surface area contributed by atoms with Crippen LogP contribution in [0.5, 0.6) is 5.75 Å². The normalized spacial score (nSPS) is 21.9. The van der Waals surface area contributed by atoms with E-state index in [0.717, 1.165) is 19.5 Å². The van der Waals surface area contributed by atoms with Crippen LogP contribution >= 0.6 is 0 Å². The fourth-order valence-corrected chi connectivity index (χ4v) is 2.69. The molecule has 5 nitrogen and oxygen atoms in total. The molecule has 0 aromatic heterocycles. The minimum atomic E-state index is -0.203. The van der Waals surface area contributed by atoms with Crippen LogP contribution in [0.15, 0.2) is 18.2 Å². The zero-order chi connectivity index (χ0) is 13.4. The van der Waals surface area contributed by atoms with Crippen LogP contribution < -0.4 is 10.1 Å². The molecule has 5 heteroatoms. The number of amides is 2. The maximum Gasteiger partial charge on any atom is 0.261 e. The summed E-state index contributed by atoms with van der Waals surface area (Å²) < 4.78 is 5.10. The minimum absolute atomic E-state index is 0.186. The molecule has 1 unspecified atom stereocenters. The highest BCUT2D eigenvalue weighted by molar-refractivity contribution is 6.21. The minimum Gasteiger partial charge on any atom is -0.497 e. The molecular weight excluding hydrogens is 244 g/mol. The van der Waals surface area contributed by atoms with Crippen molar-refractivity contribution in [2.45, 2.75) is 6.42 Å². The summed E-state index contributed by atoms with van der Waals surface area (Å²) in [4.78, 5) is 25.9. The van der Waals surface area contributed by atoms with Crippen LogP contribution in [0.25, 0.3) is 0 Å². The molecule has 1 aromatic rings. The van der Waals surface area contributed by atoms with Gasteiger partial charge in [-0.1, -0.05) is 0 Å². The van der Waals surface area contributed by atoms with E-state index in [1.54, 1.807) is 25.3 Å². The van der Waals surface area contributed by atoms with Gasteiger partial charge in [-0.2, -0.15) is 0 Å². The van der Waals surface area contributed by atoms with Crippen LogP contribution in [-0.4, -0.2) is 43.5 Å². The van der Waals surface area contributed by atoms with Crippen molar-refractivity contribution < 1.29 is 14.3 Å². The molecular formula is C14H16N2O3. The summed E-state index contributed by atoms with van der Waals surface area (Å²) in [6.45, 7) is 2.33. The first-order valence-corrected chi connectivity index (χ1v) is 6.45. The van der Waals surface area contributed by atoms with Gasteiger partial charge in [0.25, 0.3) is 11.8 Å². The fraction of sp³-hybridized carbons (Fsp3) is 0.429. The Hall–Kier alpha value is -1.88. The number of rotatable bonds is 3. The zero-order valence-corrected chi connectivity index (χ0v) is 10.8. The van der Waals surface area contributed by atoms with Crippen molar-refractivity contribution in [3.05, 3.63) is 29.3 Å². The number of ether oxygens (including phenoxy) is 1. The number of fused-ring (bicyclic) bond motifs is 1. The summed E-state index contributed by atoms with van der Waals surface area (Å²) in [6.07, 6.45) is 1.01. The Balaban J connectivity index is 1.86. The molecule has 0 saturated carbocycles. The maximum atomic E-state index is 12.3. The summed E-state index contributed by atoms with van der Waals surface area (Å²) in [5.74, 6) is 0.578. The largest absolute Gasteiger partial charge is 0.497 e. The van der Waals surface area contributed by atoms with Gasteiger partial charge in [-0.25, -0.2) is 0 Å². The third-order valence-electron chi connectivity index (χ3n) is 3.78. The molecule has 0 radical (unpaired) electrons. The topological polar surface area (TPSA) is 58.6 Å². The average Bonchev–Trinajstić information content (AvgIpc) is 3.02. The van der Waals surface area contributed by atoms with Crippen molar-refractivity contribution in [2.24, 2.45) is 5.92 Å². The first-order valence-electron chi connectivity index (χ1n) is 6.45. The molecule has 1 N–H and O–H groups in total. The first kappa shape index (κ1) is 12.2. The molecule has 0 spiro atoms. The maximum absolute atomic E-state index is 12.3. The second-order valence-electron chi connectivity index (χ2n) is 4.99. The van der Waals surface area contributed by atoms with E-state index in [0.29, 0.717) is 29.3 Å². The van der Waals surface area contributed by atoms with E-state index in [1.165, 1.54) is 4.90 Å². The fourth-order valence-electron chi connectivity index (χ4n) is 2.69. The standard InChI is InChI=1S/C14H16N2O3/c1-19-10-2-3-11-12(6-10)14(18)16(13(11)17)8-9-4-5-15-7-9/h2-3,6,9,15H,4-5,7-8H2,1H3. The lowest BCUT2D eigenvalue weighted by Gasteiger charge is -2.17. The monoisotopic (exact) mass is 260 g/mol. The Bertz CT molecular complexity index is 535. The SMILES string of the molecule is COc1ccc2c(c1)C(=O)N(CC1CCNC1)C2=O. The number of hydrogen-bond donors (Lipinski definition) is 1. The van der Waals surface area contributed by atoms with Crippen molar-refractivity contribution >= 4 is 11.8 Å². The molecule has 1 atom stereocenters. The van der Waals surface area contributed by atoms with Crippen LogP contribution in [0.2, 0.25) is 0 Å². The van der Waals surface area contributed by atoms with Crippen LogP contribution in [-0.2, 0) is 0 Å². The van der Waals surface area contributed by atoms with Crippen LogP contribution in [0.3, 0.4) is 0 Å². The Kier molecular flexibility index (Phi) is 2.98. The first-order chi connectivity index (χ1) is 9.20. The van der Waals surface area contributed by atoms with Gasteiger partial charge in [0.05, 0.1) is 18.2 Å². The zero-order valence-electron chi connectivity index (χ0n) is 10.8. The molecule has 1 saturated heterocycles. The summed E-state index contributed by atoms with van der Waals surface area (Å²) in [7, 11) is 1.55. The Labute approximate surface area is 111 Å². The van der Waals surface area contributed by atoms with Gasteiger partial charge in [0.2, 0.25) is 0 Å². The number of hydrogen-bond acceptors (Lipinski definition) is 4. The molecule has 2 amide bonds. The highest BCUT2D eigenvalue weighted by Gasteiger charge is 2.37. The molecule has 3 rings (SSSR count). The smallest absolute Gasteiger partial charge is 0.261 e. The Morgan fingerprint density at radius 1 is 1.32 bits per heavy atom. The van der Waals surface area contributed by atoms with Gasteiger partial charge in [0.15, 0.2) is 0 Å². The lowest BCUT2D eigenvalue weighted by atomic mass is 10.1. The summed E-state index contributed by atoms with van der Waals surface area (Å²) in [5.41, 5.74) is 0.937. The third-order valence-corrected chi connectivity index (χ3v) is 3.78. The number of nitrogens with one attached hydrogen (secondary N) is 1. The van der Waals surface area contributed by atoms with E-state index >= 15 is 0 Å². The van der Waals surface area contributed by atoms with Crippen molar-refractivity contribution in [3.8, 4) is 5.75 Å². The van der Waals surface area contributed by atoms with Crippen molar-refractivity contribution in [2.75, 3.05) is 26.7 Å². The second-order valence-corrected chi connectivity index (χ2v) is 4.99. The lowest BCUT2D eigenvalue weighted by molar-refractivity contribution is 0.0633. The second kappa shape index (κ2) is 4.66. The molecule has 2 aliphatic rings. The molecule has 100 valence electrons. The van der Waals surface area contributed by atoms with Gasteiger partial charge in [0, 0.05) is 6.54 Å². The van der Waals surface area contributed by atoms with Crippen molar-refractivity contribution in [3.63, 3.8) is 0 Å². The summed E-state index contributed by atoms with van der Waals surface area (Å²) in [5, 5.41) is 3.25. The van der Waals surface area contributed by atoms with Gasteiger partial charge in [-0.3, -0.25) is 14.5 Å². The average molecular weight is 260 g/mol. The van der Waals surface area contributed by atoms with Gasteiger partial charge < -0.3 is 10.1 Å². The van der Waals surface area contributed by atoms with Crippen molar-refractivity contribution in [1.82, 2.24) is 10.2 Å². The molecule has 2 aliphatic heterocycles. The van der Waals surface area contributed by atoms with E-state index in [1.807, 2.05) is 0 Å². The van der Waals surface area contributed by atoms with E-state index in [9.17, 15) is 9.59 Å². The van der Waals surface area contributed by atoms with Gasteiger partial charge in [-0.05, 0) is 43.6 Å². The van der Waals surface area contributed by atoms with Crippen LogP contribution in [0, 0.1) is 5.92 Å². The third kappa shape index (κ3) is 2.00. The number of nitrogens with zero attached hydrogens (tertiary/aromatic N) is 1. The highest BCUT2D eigenvalue weighted by atomic mass is 16.5. The van der Waals surface area contributed by atoms with Gasteiger partial charge in [-0.15, -0.1) is 0 Å². The molecule has 2 heterocycles. The molecule has 0 aliphatic carbocycles. The van der Waals surface area contributed by atoms with E-state index in [4.69, 9.17) is 4.74 Å². The van der Waals surface area contributed by atoms with E-state index in [-0.39, 0.29) is 11.8 Å². The van der Waals surface area contributed by atoms with Crippen LogP contribution in [0.4, 0.5) is 0 Å². The lowest BCUT2D eigenvalue weighted by Crippen LogP contribution is -2.35. The van der Waals surface area contributed by atoms with Crippen molar-refractivity contribution in [1.29, 1.82) is 0 Å².